The molecule has 0 spiro atoms. The average molecular weight is 167 g/mol. The van der Waals surface area contributed by atoms with Crippen LogP contribution in [0.5, 0.6) is 0 Å². The van der Waals surface area contributed by atoms with Gasteiger partial charge < -0.3 is 0 Å². The van der Waals surface area contributed by atoms with Gasteiger partial charge in [-0.3, -0.25) is 4.99 Å². The second kappa shape index (κ2) is 2.37. The second-order valence-corrected chi connectivity index (χ2v) is 2.88. The monoisotopic (exact) mass is 167 g/mol. The van der Waals surface area contributed by atoms with E-state index in [0.717, 1.165) is 11.8 Å². The molecule has 0 saturated carbocycles. The van der Waals surface area contributed by atoms with Gasteiger partial charge in [0, 0.05) is 17.7 Å². The SMILES string of the molecule is CC1=Nc2ccc(F)c(F)c2C1. The third kappa shape index (κ3) is 0.932. The van der Waals surface area contributed by atoms with Crippen LogP contribution in [0.4, 0.5) is 14.5 Å². The van der Waals surface area contributed by atoms with Gasteiger partial charge in [-0.15, -0.1) is 0 Å². The summed E-state index contributed by atoms with van der Waals surface area (Å²) in [7, 11) is 0. The molecule has 1 nitrogen and oxygen atoms in total. The molecule has 0 fully saturated rings. The lowest BCUT2D eigenvalue weighted by Gasteiger charge is -1.98. The first kappa shape index (κ1) is 7.40. The summed E-state index contributed by atoms with van der Waals surface area (Å²) < 4.78 is 25.7. The molecule has 2 rings (SSSR count). The molecule has 12 heavy (non-hydrogen) atoms. The second-order valence-electron chi connectivity index (χ2n) is 2.88. The minimum atomic E-state index is -0.793. The van der Waals surface area contributed by atoms with Gasteiger partial charge in [0.2, 0.25) is 0 Å². The average Bonchev–Trinajstić information content (AvgIpc) is 2.39. The number of rotatable bonds is 0. The fraction of sp³-hybridized carbons (Fsp3) is 0.222. The third-order valence-corrected chi connectivity index (χ3v) is 1.92. The summed E-state index contributed by atoms with van der Waals surface area (Å²) >= 11 is 0. The smallest absolute Gasteiger partial charge is 0.164 e. The summed E-state index contributed by atoms with van der Waals surface area (Å²) in [5.74, 6) is -1.55. The molecule has 0 bridgehead atoms. The zero-order valence-electron chi connectivity index (χ0n) is 6.56. The molecule has 1 aliphatic rings. The largest absolute Gasteiger partial charge is 0.257 e. The summed E-state index contributed by atoms with van der Waals surface area (Å²) in [6.45, 7) is 1.80. The summed E-state index contributed by atoms with van der Waals surface area (Å²) in [5, 5.41) is 0. The van der Waals surface area contributed by atoms with Gasteiger partial charge in [-0.2, -0.15) is 0 Å². The first-order valence-electron chi connectivity index (χ1n) is 3.69. The molecular weight excluding hydrogens is 160 g/mol. The zero-order chi connectivity index (χ0) is 8.72. The number of nitrogens with zero attached hydrogens (tertiary/aromatic N) is 1. The summed E-state index contributed by atoms with van der Waals surface area (Å²) in [6.07, 6.45) is 0.429. The highest BCUT2D eigenvalue weighted by Gasteiger charge is 2.18. The topological polar surface area (TPSA) is 12.4 Å². The molecule has 0 aliphatic carbocycles. The molecule has 62 valence electrons. The maximum absolute atomic E-state index is 13.0. The molecule has 0 unspecified atom stereocenters. The third-order valence-electron chi connectivity index (χ3n) is 1.92. The molecule has 1 heterocycles. The number of hydrogen-bond acceptors (Lipinski definition) is 1. The Morgan fingerprint density at radius 3 is 2.83 bits per heavy atom. The molecule has 1 aromatic rings. The lowest BCUT2D eigenvalue weighted by atomic mass is 10.1. The number of fused-ring (bicyclic) bond motifs is 1. The molecule has 0 radical (unpaired) electrons. The van der Waals surface area contributed by atoms with Gasteiger partial charge in [-0.05, 0) is 19.1 Å². The lowest BCUT2D eigenvalue weighted by molar-refractivity contribution is 0.503. The molecule has 1 aromatic carbocycles. The van der Waals surface area contributed by atoms with Gasteiger partial charge in [-0.25, -0.2) is 8.78 Å². The van der Waals surface area contributed by atoms with Crippen LogP contribution in [0.25, 0.3) is 0 Å². The maximum atomic E-state index is 13.0. The minimum Gasteiger partial charge on any atom is -0.257 e. The highest BCUT2D eigenvalue weighted by Crippen LogP contribution is 2.29. The van der Waals surface area contributed by atoms with Gasteiger partial charge >= 0.3 is 0 Å². The first-order chi connectivity index (χ1) is 5.68. The first-order valence-corrected chi connectivity index (χ1v) is 3.69. The number of aliphatic imine (C=N–C) groups is 1. The van der Waals surface area contributed by atoms with Gasteiger partial charge in [0.25, 0.3) is 0 Å². The standard InChI is InChI=1S/C9H7F2N/c1-5-4-6-8(12-5)3-2-7(10)9(6)11/h2-3H,4H2,1H3. The van der Waals surface area contributed by atoms with Crippen LogP contribution in [0.15, 0.2) is 17.1 Å². The van der Waals surface area contributed by atoms with E-state index >= 15 is 0 Å². The lowest BCUT2D eigenvalue weighted by Crippen LogP contribution is -1.94. The van der Waals surface area contributed by atoms with E-state index in [0.29, 0.717) is 17.7 Å². The van der Waals surface area contributed by atoms with E-state index in [2.05, 4.69) is 4.99 Å². The van der Waals surface area contributed by atoms with E-state index in [1.165, 1.54) is 6.07 Å². The Hall–Kier alpha value is -1.25. The molecular formula is C9H7F2N. The maximum Gasteiger partial charge on any atom is 0.164 e. The quantitative estimate of drug-likeness (QED) is 0.563. The zero-order valence-corrected chi connectivity index (χ0v) is 6.56. The number of halogens is 2. The normalized spacial score (nSPS) is 14.4. The molecule has 0 amide bonds. The van der Waals surface area contributed by atoms with Gasteiger partial charge in [0.05, 0.1) is 5.69 Å². The van der Waals surface area contributed by atoms with Crippen molar-refractivity contribution in [1.29, 1.82) is 0 Å². The summed E-state index contributed by atoms with van der Waals surface area (Å²) in [4.78, 5) is 4.06. The van der Waals surface area contributed by atoms with E-state index < -0.39 is 11.6 Å². The fourth-order valence-electron chi connectivity index (χ4n) is 1.36. The molecule has 0 aromatic heterocycles. The van der Waals surface area contributed by atoms with Crippen LogP contribution in [0.2, 0.25) is 0 Å². The Bertz CT molecular complexity index is 369. The van der Waals surface area contributed by atoms with Crippen LogP contribution in [0.1, 0.15) is 12.5 Å². The van der Waals surface area contributed by atoms with E-state index in [1.54, 1.807) is 6.92 Å². The Kier molecular flexibility index (Phi) is 1.46. The van der Waals surface area contributed by atoms with Crippen molar-refractivity contribution in [2.24, 2.45) is 4.99 Å². The van der Waals surface area contributed by atoms with E-state index in [-0.39, 0.29) is 0 Å². The van der Waals surface area contributed by atoms with Crippen molar-refractivity contribution in [3.8, 4) is 0 Å². The van der Waals surface area contributed by atoms with Crippen molar-refractivity contribution < 1.29 is 8.78 Å². The molecule has 3 heteroatoms. The van der Waals surface area contributed by atoms with Crippen molar-refractivity contribution >= 4 is 11.4 Å². The highest BCUT2D eigenvalue weighted by atomic mass is 19.2. The van der Waals surface area contributed by atoms with E-state index in [1.807, 2.05) is 0 Å². The molecule has 0 atom stereocenters. The van der Waals surface area contributed by atoms with Gasteiger partial charge in [0.15, 0.2) is 11.6 Å². The van der Waals surface area contributed by atoms with Crippen molar-refractivity contribution in [1.82, 2.24) is 0 Å². The van der Waals surface area contributed by atoms with Crippen LogP contribution in [0.3, 0.4) is 0 Å². The Morgan fingerprint density at radius 2 is 2.08 bits per heavy atom. The highest BCUT2D eigenvalue weighted by molar-refractivity contribution is 5.92. The number of hydrogen-bond donors (Lipinski definition) is 0. The minimum absolute atomic E-state index is 0.382. The Balaban J connectivity index is 2.61. The predicted molar refractivity (Wildman–Crippen MR) is 42.8 cm³/mol. The van der Waals surface area contributed by atoms with Crippen molar-refractivity contribution in [3.63, 3.8) is 0 Å². The van der Waals surface area contributed by atoms with Crippen LogP contribution in [-0.4, -0.2) is 5.71 Å². The predicted octanol–water partition coefficient (Wildman–Crippen LogP) is 2.61. The summed E-state index contributed by atoms with van der Waals surface area (Å²) in [6, 6.07) is 2.61. The fourth-order valence-corrected chi connectivity index (χ4v) is 1.36. The van der Waals surface area contributed by atoms with Crippen LogP contribution in [-0.2, 0) is 6.42 Å². The van der Waals surface area contributed by atoms with E-state index in [4.69, 9.17) is 0 Å². The molecule has 0 saturated heterocycles. The van der Waals surface area contributed by atoms with Crippen molar-refractivity contribution in [2.45, 2.75) is 13.3 Å². The Labute approximate surface area is 68.7 Å². The van der Waals surface area contributed by atoms with Gasteiger partial charge in [-0.1, -0.05) is 0 Å². The molecule has 1 aliphatic heterocycles. The Morgan fingerprint density at radius 1 is 1.33 bits per heavy atom. The van der Waals surface area contributed by atoms with Crippen molar-refractivity contribution in [2.75, 3.05) is 0 Å². The summed E-state index contributed by atoms with van der Waals surface area (Å²) in [5.41, 5.74) is 1.77. The van der Waals surface area contributed by atoms with E-state index in [9.17, 15) is 8.78 Å². The van der Waals surface area contributed by atoms with Crippen molar-refractivity contribution in [3.05, 3.63) is 29.3 Å². The van der Waals surface area contributed by atoms with Crippen LogP contribution < -0.4 is 0 Å². The van der Waals surface area contributed by atoms with Crippen LogP contribution >= 0.6 is 0 Å². The van der Waals surface area contributed by atoms with Gasteiger partial charge in [0.1, 0.15) is 0 Å². The van der Waals surface area contributed by atoms with Crippen LogP contribution in [0, 0.1) is 11.6 Å². The molecule has 0 N–H and O–H groups in total. The number of benzene rings is 1.